The minimum Gasteiger partial charge on any atom is -0.398 e. The monoisotopic (exact) mass is 260 g/mol. The van der Waals surface area contributed by atoms with E-state index in [0.717, 1.165) is 18.4 Å². The molecule has 1 amide bonds. The molecule has 0 unspecified atom stereocenters. The quantitative estimate of drug-likeness (QED) is 0.802. The number of aryl methyl sites for hydroxylation is 1. The van der Waals surface area contributed by atoms with Crippen LogP contribution in [0, 0.1) is 12.3 Å². The van der Waals surface area contributed by atoms with Crippen molar-refractivity contribution in [2.45, 2.75) is 52.5 Å². The Morgan fingerprint density at radius 2 is 1.95 bits per heavy atom. The Morgan fingerprint density at radius 1 is 1.32 bits per heavy atom. The Balaban J connectivity index is 2.00. The fourth-order valence-corrected chi connectivity index (χ4v) is 2.67. The second-order valence-corrected chi connectivity index (χ2v) is 6.50. The van der Waals surface area contributed by atoms with Gasteiger partial charge < -0.3 is 11.1 Å². The van der Waals surface area contributed by atoms with E-state index in [1.165, 1.54) is 12.8 Å². The molecule has 3 N–H and O–H groups in total. The number of amides is 1. The SMILES string of the molecule is Cc1ccc(N)c(C(=O)NC2CCC(C)(C)CC2)c1. The van der Waals surface area contributed by atoms with Crippen LogP contribution in [-0.4, -0.2) is 11.9 Å². The highest BCUT2D eigenvalue weighted by Gasteiger charge is 2.27. The summed E-state index contributed by atoms with van der Waals surface area (Å²) in [6.45, 7) is 6.56. The van der Waals surface area contributed by atoms with Gasteiger partial charge >= 0.3 is 0 Å². The molecule has 1 aromatic carbocycles. The highest BCUT2D eigenvalue weighted by atomic mass is 16.1. The lowest BCUT2D eigenvalue weighted by atomic mass is 9.75. The Bertz CT molecular complexity index is 470. The van der Waals surface area contributed by atoms with Crippen molar-refractivity contribution >= 4 is 11.6 Å². The second kappa shape index (κ2) is 5.24. The molecule has 0 spiro atoms. The molecule has 3 nitrogen and oxygen atoms in total. The van der Waals surface area contributed by atoms with Gasteiger partial charge in [0.05, 0.1) is 5.56 Å². The van der Waals surface area contributed by atoms with E-state index in [1.54, 1.807) is 6.07 Å². The van der Waals surface area contributed by atoms with Crippen LogP contribution in [0.25, 0.3) is 0 Å². The molecular weight excluding hydrogens is 236 g/mol. The molecule has 2 rings (SSSR count). The van der Waals surface area contributed by atoms with Gasteiger partial charge in [-0.1, -0.05) is 25.5 Å². The van der Waals surface area contributed by atoms with Crippen LogP contribution in [0.4, 0.5) is 5.69 Å². The lowest BCUT2D eigenvalue weighted by molar-refractivity contribution is 0.0910. The van der Waals surface area contributed by atoms with E-state index in [0.29, 0.717) is 22.7 Å². The van der Waals surface area contributed by atoms with Gasteiger partial charge in [-0.3, -0.25) is 4.79 Å². The molecule has 1 aliphatic rings. The minimum absolute atomic E-state index is 0.0362. The van der Waals surface area contributed by atoms with Crippen molar-refractivity contribution in [2.75, 3.05) is 5.73 Å². The molecule has 0 aromatic heterocycles. The van der Waals surface area contributed by atoms with Crippen molar-refractivity contribution in [1.29, 1.82) is 0 Å². The van der Waals surface area contributed by atoms with Crippen LogP contribution < -0.4 is 11.1 Å². The summed E-state index contributed by atoms with van der Waals surface area (Å²) >= 11 is 0. The molecule has 104 valence electrons. The number of anilines is 1. The second-order valence-electron chi connectivity index (χ2n) is 6.50. The molecule has 0 atom stereocenters. The number of hydrogen-bond acceptors (Lipinski definition) is 2. The molecule has 0 bridgehead atoms. The van der Waals surface area contributed by atoms with E-state index in [2.05, 4.69) is 19.2 Å². The van der Waals surface area contributed by atoms with Crippen molar-refractivity contribution in [1.82, 2.24) is 5.32 Å². The van der Waals surface area contributed by atoms with Gasteiger partial charge in [0.1, 0.15) is 0 Å². The summed E-state index contributed by atoms with van der Waals surface area (Å²) in [5, 5.41) is 3.12. The maximum absolute atomic E-state index is 12.3. The topological polar surface area (TPSA) is 55.1 Å². The van der Waals surface area contributed by atoms with Crippen LogP contribution in [0.5, 0.6) is 0 Å². The van der Waals surface area contributed by atoms with E-state index in [1.807, 2.05) is 19.1 Å². The van der Waals surface area contributed by atoms with Gasteiger partial charge in [-0.25, -0.2) is 0 Å². The molecule has 1 aromatic rings. The summed E-state index contributed by atoms with van der Waals surface area (Å²) in [5.74, 6) is -0.0362. The number of carbonyl (C=O) groups excluding carboxylic acids is 1. The first-order valence-corrected chi connectivity index (χ1v) is 7.04. The number of rotatable bonds is 2. The van der Waals surface area contributed by atoms with E-state index in [4.69, 9.17) is 5.73 Å². The fraction of sp³-hybridized carbons (Fsp3) is 0.562. The third-order valence-electron chi connectivity index (χ3n) is 4.13. The molecular formula is C16H24N2O. The first-order valence-electron chi connectivity index (χ1n) is 7.04. The van der Waals surface area contributed by atoms with E-state index >= 15 is 0 Å². The molecule has 0 saturated heterocycles. The van der Waals surface area contributed by atoms with Crippen molar-refractivity contribution in [3.05, 3.63) is 29.3 Å². The third-order valence-corrected chi connectivity index (χ3v) is 4.13. The highest BCUT2D eigenvalue weighted by Crippen LogP contribution is 2.35. The lowest BCUT2D eigenvalue weighted by Crippen LogP contribution is -2.39. The average molecular weight is 260 g/mol. The van der Waals surface area contributed by atoms with Gasteiger partial charge in [-0.05, 0) is 50.2 Å². The standard InChI is InChI=1S/C16H24N2O/c1-11-4-5-14(17)13(10-11)15(19)18-12-6-8-16(2,3)9-7-12/h4-5,10,12H,6-9,17H2,1-3H3,(H,18,19). The van der Waals surface area contributed by atoms with Gasteiger partial charge in [-0.15, -0.1) is 0 Å². The summed E-state index contributed by atoms with van der Waals surface area (Å²) in [6.07, 6.45) is 4.46. The average Bonchev–Trinajstić information content (AvgIpc) is 2.35. The van der Waals surface area contributed by atoms with Crippen LogP contribution in [0.3, 0.4) is 0 Å². The maximum atomic E-state index is 12.3. The van der Waals surface area contributed by atoms with E-state index in [9.17, 15) is 4.79 Å². The Hall–Kier alpha value is -1.51. The Labute approximate surface area is 115 Å². The number of hydrogen-bond donors (Lipinski definition) is 2. The van der Waals surface area contributed by atoms with Crippen molar-refractivity contribution in [3.8, 4) is 0 Å². The third kappa shape index (κ3) is 3.49. The highest BCUT2D eigenvalue weighted by molar-refractivity contribution is 5.99. The number of carbonyl (C=O) groups is 1. The predicted molar refractivity (Wildman–Crippen MR) is 79.1 cm³/mol. The van der Waals surface area contributed by atoms with E-state index < -0.39 is 0 Å². The number of nitrogen functional groups attached to an aromatic ring is 1. The number of nitrogens with two attached hydrogens (primary N) is 1. The largest absolute Gasteiger partial charge is 0.398 e. The zero-order chi connectivity index (χ0) is 14.0. The molecule has 0 radical (unpaired) electrons. The summed E-state index contributed by atoms with van der Waals surface area (Å²) < 4.78 is 0. The Kier molecular flexibility index (Phi) is 3.83. The molecule has 1 saturated carbocycles. The van der Waals surface area contributed by atoms with Crippen LogP contribution in [0.2, 0.25) is 0 Å². The van der Waals surface area contributed by atoms with Crippen molar-refractivity contribution in [2.24, 2.45) is 5.41 Å². The molecule has 19 heavy (non-hydrogen) atoms. The molecule has 0 aliphatic heterocycles. The predicted octanol–water partition coefficient (Wildman–Crippen LogP) is 3.28. The molecule has 0 heterocycles. The van der Waals surface area contributed by atoms with Crippen LogP contribution >= 0.6 is 0 Å². The fourth-order valence-electron chi connectivity index (χ4n) is 2.67. The van der Waals surface area contributed by atoms with Crippen molar-refractivity contribution < 1.29 is 4.79 Å². The summed E-state index contributed by atoms with van der Waals surface area (Å²) in [5.41, 5.74) is 8.51. The minimum atomic E-state index is -0.0362. The summed E-state index contributed by atoms with van der Waals surface area (Å²) in [7, 11) is 0. The Morgan fingerprint density at radius 3 is 2.58 bits per heavy atom. The van der Waals surface area contributed by atoms with Gasteiger partial charge in [0.2, 0.25) is 0 Å². The van der Waals surface area contributed by atoms with E-state index in [-0.39, 0.29) is 5.91 Å². The zero-order valence-corrected chi connectivity index (χ0v) is 12.1. The smallest absolute Gasteiger partial charge is 0.253 e. The van der Waals surface area contributed by atoms with Crippen molar-refractivity contribution in [3.63, 3.8) is 0 Å². The molecule has 1 aliphatic carbocycles. The maximum Gasteiger partial charge on any atom is 0.253 e. The molecule has 1 fully saturated rings. The lowest BCUT2D eigenvalue weighted by Gasteiger charge is -2.34. The summed E-state index contributed by atoms with van der Waals surface area (Å²) in [6, 6.07) is 5.88. The number of benzene rings is 1. The van der Waals surface area contributed by atoms with Crippen LogP contribution in [0.15, 0.2) is 18.2 Å². The normalized spacial score (nSPS) is 19.1. The van der Waals surface area contributed by atoms with Gasteiger partial charge in [0.25, 0.3) is 5.91 Å². The van der Waals surface area contributed by atoms with Crippen LogP contribution in [-0.2, 0) is 0 Å². The first kappa shape index (κ1) is 13.9. The van der Waals surface area contributed by atoms with Gasteiger partial charge in [0, 0.05) is 11.7 Å². The zero-order valence-electron chi connectivity index (χ0n) is 12.1. The van der Waals surface area contributed by atoms with Gasteiger partial charge in [-0.2, -0.15) is 0 Å². The summed E-state index contributed by atoms with van der Waals surface area (Å²) in [4.78, 5) is 12.3. The number of nitrogens with one attached hydrogen (secondary N) is 1. The molecule has 3 heteroatoms. The van der Waals surface area contributed by atoms with Crippen LogP contribution in [0.1, 0.15) is 55.5 Å². The first-order chi connectivity index (χ1) is 8.87. The van der Waals surface area contributed by atoms with Gasteiger partial charge in [0.15, 0.2) is 0 Å².